The SMILES string of the molecule is N=CC(SF)/C(=N\ON=O)c1ccccc1. The Kier molecular flexibility index (Phi) is 5.13. The minimum atomic E-state index is -0.927. The molecule has 0 radical (unpaired) electrons. The average Bonchev–Trinajstić information content (AvgIpc) is 2.35. The van der Waals surface area contributed by atoms with Crippen LogP contribution in [0.4, 0.5) is 3.89 Å². The number of benzene rings is 1. The zero-order chi connectivity index (χ0) is 11.8. The third-order valence-corrected chi connectivity index (χ3v) is 2.31. The molecule has 0 aliphatic heterocycles. The molecule has 0 fully saturated rings. The molecule has 7 heteroatoms. The van der Waals surface area contributed by atoms with Gasteiger partial charge >= 0.3 is 0 Å². The molecule has 16 heavy (non-hydrogen) atoms. The van der Waals surface area contributed by atoms with Crippen LogP contribution < -0.4 is 0 Å². The lowest BCUT2D eigenvalue weighted by Crippen LogP contribution is -2.19. The predicted molar refractivity (Wildman–Crippen MR) is 61.1 cm³/mol. The van der Waals surface area contributed by atoms with Crippen molar-refractivity contribution in [3.05, 3.63) is 40.8 Å². The highest BCUT2D eigenvalue weighted by atomic mass is 32.2. The zero-order valence-corrected chi connectivity index (χ0v) is 8.86. The molecule has 84 valence electrons. The fourth-order valence-electron chi connectivity index (χ4n) is 1.09. The van der Waals surface area contributed by atoms with Gasteiger partial charge in [0.2, 0.25) is 0 Å². The Labute approximate surface area is 95.4 Å². The molecule has 0 aromatic heterocycles. The van der Waals surface area contributed by atoms with Gasteiger partial charge in [0.15, 0.2) is 5.34 Å². The van der Waals surface area contributed by atoms with E-state index in [9.17, 15) is 8.79 Å². The minimum absolute atomic E-state index is 0.0743. The van der Waals surface area contributed by atoms with Crippen molar-refractivity contribution in [2.45, 2.75) is 5.25 Å². The van der Waals surface area contributed by atoms with Gasteiger partial charge in [-0.3, -0.25) is 0 Å². The normalized spacial score (nSPS) is 12.9. The average molecular weight is 241 g/mol. The molecule has 0 spiro atoms. The highest BCUT2D eigenvalue weighted by Crippen LogP contribution is 2.17. The number of hydrogen-bond donors (Lipinski definition) is 1. The van der Waals surface area contributed by atoms with E-state index in [0.29, 0.717) is 5.56 Å². The summed E-state index contributed by atoms with van der Waals surface area (Å²) in [6.07, 6.45) is 0.866. The van der Waals surface area contributed by atoms with Crippen LogP contribution in [0.2, 0.25) is 0 Å². The van der Waals surface area contributed by atoms with Crippen LogP contribution in [0.5, 0.6) is 0 Å². The highest BCUT2D eigenvalue weighted by molar-refractivity contribution is 7.96. The van der Waals surface area contributed by atoms with Crippen LogP contribution in [0.3, 0.4) is 0 Å². The Morgan fingerprint density at radius 1 is 1.50 bits per heavy atom. The van der Waals surface area contributed by atoms with Crippen molar-refractivity contribution in [2.24, 2.45) is 10.5 Å². The third kappa shape index (κ3) is 3.13. The van der Waals surface area contributed by atoms with Gasteiger partial charge in [-0.25, -0.2) is 4.94 Å². The van der Waals surface area contributed by atoms with Gasteiger partial charge in [0.1, 0.15) is 11.0 Å². The van der Waals surface area contributed by atoms with Crippen LogP contribution in [-0.4, -0.2) is 17.2 Å². The molecule has 5 nitrogen and oxygen atoms in total. The van der Waals surface area contributed by atoms with Gasteiger partial charge in [0, 0.05) is 11.8 Å². The van der Waals surface area contributed by atoms with Crippen LogP contribution in [-0.2, 0) is 4.94 Å². The van der Waals surface area contributed by atoms with Gasteiger partial charge in [-0.2, -0.15) is 3.89 Å². The Bertz CT molecular complexity index is 386. The largest absolute Gasteiger partial charge is 0.311 e. The summed E-state index contributed by atoms with van der Waals surface area (Å²) < 4.78 is 12.5. The summed E-state index contributed by atoms with van der Waals surface area (Å²) in [5, 5.41) is 11.6. The smallest absolute Gasteiger partial charge is 0.184 e. The Morgan fingerprint density at radius 3 is 2.69 bits per heavy atom. The molecule has 1 atom stereocenters. The first kappa shape index (κ1) is 12.3. The van der Waals surface area contributed by atoms with E-state index in [1.807, 2.05) is 0 Å². The molecule has 0 saturated heterocycles. The molecule has 1 aromatic carbocycles. The molecule has 0 bridgehead atoms. The first-order valence-corrected chi connectivity index (χ1v) is 5.01. The van der Waals surface area contributed by atoms with Crippen molar-refractivity contribution in [1.29, 1.82) is 5.41 Å². The van der Waals surface area contributed by atoms with E-state index in [2.05, 4.69) is 15.4 Å². The highest BCUT2D eigenvalue weighted by Gasteiger charge is 2.18. The van der Waals surface area contributed by atoms with Gasteiger partial charge in [0.25, 0.3) is 0 Å². The first-order chi connectivity index (χ1) is 7.83. The Balaban J connectivity index is 3.05. The third-order valence-electron chi connectivity index (χ3n) is 1.76. The zero-order valence-electron chi connectivity index (χ0n) is 8.04. The monoisotopic (exact) mass is 241 g/mol. The van der Waals surface area contributed by atoms with Crippen LogP contribution >= 0.6 is 12.1 Å². The first-order valence-electron chi connectivity index (χ1n) is 4.23. The summed E-state index contributed by atoms with van der Waals surface area (Å²) in [6.45, 7) is 0. The second-order valence-electron chi connectivity index (χ2n) is 2.68. The molecule has 0 saturated carbocycles. The van der Waals surface area contributed by atoms with Crippen LogP contribution in [0, 0.1) is 10.3 Å². The van der Waals surface area contributed by atoms with Gasteiger partial charge in [-0.15, -0.1) is 4.91 Å². The predicted octanol–water partition coefficient (Wildman–Crippen LogP) is 2.72. The lowest BCUT2D eigenvalue weighted by atomic mass is 10.1. The van der Waals surface area contributed by atoms with E-state index in [-0.39, 0.29) is 17.9 Å². The van der Waals surface area contributed by atoms with Crippen LogP contribution in [0.15, 0.2) is 40.8 Å². The van der Waals surface area contributed by atoms with Crippen LogP contribution in [0.25, 0.3) is 0 Å². The Morgan fingerprint density at radius 2 is 2.19 bits per heavy atom. The van der Waals surface area contributed by atoms with E-state index in [4.69, 9.17) is 5.41 Å². The molecular formula is C9H8FN3O2S. The molecule has 0 aliphatic carbocycles. The summed E-state index contributed by atoms with van der Waals surface area (Å²) in [4.78, 5) is 13.8. The molecule has 0 amide bonds. The fraction of sp³-hybridized carbons (Fsp3) is 0.111. The summed E-state index contributed by atoms with van der Waals surface area (Å²) >= 11 is -0.0743. The van der Waals surface area contributed by atoms with E-state index in [0.717, 1.165) is 6.21 Å². The summed E-state index contributed by atoms with van der Waals surface area (Å²) in [6, 6.07) is 8.56. The molecule has 1 aromatic rings. The number of oxime groups is 1. The lowest BCUT2D eigenvalue weighted by Gasteiger charge is -2.08. The lowest BCUT2D eigenvalue weighted by molar-refractivity contribution is 0.150. The number of nitrogens with zero attached hydrogens (tertiary/aromatic N) is 2. The second kappa shape index (κ2) is 6.67. The van der Waals surface area contributed by atoms with E-state index >= 15 is 0 Å². The van der Waals surface area contributed by atoms with Crippen molar-refractivity contribution < 1.29 is 8.82 Å². The van der Waals surface area contributed by atoms with Crippen LogP contribution in [0.1, 0.15) is 5.56 Å². The standard InChI is InChI=1S/C9H8FN3O2S/c10-16-8(6-11)9(12-15-13-14)7-4-2-1-3-5-7/h1-6,8,11H/b11-6?,12-9-. The number of halogens is 1. The summed E-state index contributed by atoms with van der Waals surface area (Å²) in [5.74, 6) is 0. The number of hydrogen-bond acceptors (Lipinski definition) is 6. The maximum absolute atomic E-state index is 12.5. The van der Waals surface area contributed by atoms with Crippen molar-refractivity contribution in [3.63, 3.8) is 0 Å². The Hall–Kier alpha value is -1.76. The summed E-state index contributed by atoms with van der Waals surface area (Å²) in [7, 11) is 0. The van der Waals surface area contributed by atoms with Gasteiger partial charge < -0.3 is 5.41 Å². The second-order valence-corrected chi connectivity index (χ2v) is 3.36. The van der Waals surface area contributed by atoms with E-state index in [1.165, 1.54) is 0 Å². The minimum Gasteiger partial charge on any atom is -0.311 e. The summed E-state index contributed by atoms with van der Waals surface area (Å²) in [5.41, 5.74) is 0.688. The number of nitrogens with one attached hydrogen (secondary N) is 1. The fourth-order valence-corrected chi connectivity index (χ4v) is 1.40. The quantitative estimate of drug-likeness (QED) is 0.472. The molecule has 1 rings (SSSR count). The van der Waals surface area contributed by atoms with Crippen molar-refractivity contribution in [3.8, 4) is 0 Å². The van der Waals surface area contributed by atoms with Crippen molar-refractivity contribution in [1.82, 2.24) is 0 Å². The van der Waals surface area contributed by atoms with Gasteiger partial charge in [-0.05, 0) is 0 Å². The molecule has 1 N–H and O–H groups in total. The molecule has 1 unspecified atom stereocenters. The molecule has 0 aliphatic rings. The maximum Gasteiger partial charge on any atom is 0.184 e. The van der Waals surface area contributed by atoms with E-state index < -0.39 is 5.25 Å². The van der Waals surface area contributed by atoms with Gasteiger partial charge in [0.05, 0.1) is 12.1 Å². The molecular weight excluding hydrogens is 233 g/mol. The maximum atomic E-state index is 12.5. The topological polar surface area (TPSA) is 74.9 Å². The van der Waals surface area contributed by atoms with Crippen molar-refractivity contribution in [2.75, 3.05) is 0 Å². The van der Waals surface area contributed by atoms with E-state index in [1.54, 1.807) is 30.3 Å². The molecule has 0 heterocycles. The van der Waals surface area contributed by atoms with Crippen molar-refractivity contribution >= 4 is 24.1 Å². The number of rotatable bonds is 6. The van der Waals surface area contributed by atoms with Gasteiger partial charge in [-0.1, -0.05) is 35.5 Å².